The lowest BCUT2D eigenvalue weighted by atomic mass is 10.0. The van der Waals surface area contributed by atoms with Crippen molar-refractivity contribution in [3.63, 3.8) is 0 Å². The molecule has 1 aliphatic carbocycles. The summed E-state index contributed by atoms with van der Waals surface area (Å²) in [5.41, 5.74) is 15.2. The Morgan fingerprint density at radius 1 is 1.23 bits per heavy atom. The van der Waals surface area contributed by atoms with Crippen LogP contribution in [0.3, 0.4) is 0 Å². The van der Waals surface area contributed by atoms with E-state index in [1.54, 1.807) is 4.68 Å². The lowest BCUT2D eigenvalue weighted by Crippen LogP contribution is -2.29. The molecule has 1 aromatic carbocycles. The van der Waals surface area contributed by atoms with E-state index in [0.717, 1.165) is 25.1 Å². The van der Waals surface area contributed by atoms with Gasteiger partial charge in [-0.05, 0) is 61.9 Å². The zero-order valence-corrected chi connectivity index (χ0v) is 13.0. The molecule has 6 heteroatoms. The second kappa shape index (κ2) is 6.36. The van der Waals surface area contributed by atoms with E-state index in [9.17, 15) is 0 Å². The molecule has 0 saturated carbocycles. The van der Waals surface area contributed by atoms with E-state index >= 15 is 0 Å². The molecule has 1 heterocycles. The van der Waals surface area contributed by atoms with Crippen LogP contribution < -0.4 is 16.8 Å². The maximum absolute atomic E-state index is 5.86. The highest BCUT2D eigenvalue weighted by Crippen LogP contribution is 2.24. The van der Waals surface area contributed by atoms with Crippen LogP contribution in [-0.2, 0) is 12.8 Å². The van der Waals surface area contributed by atoms with Crippen LogP contribution >= 0.6 is 0 Å². The van der Waals surface area contributed by atoms with Gasteiger partial charge in [0.1, 0.15) is 0 Å². The Morgan fingerprint density at radius 2 is 2.00 bits per heavy atom. The summed E-state index contributed by atoms with van der Waals surface area (Å²) in [6, 6.07) is 7.01. The number of nitrogens with zero attached hydrogens (tertiary/aromatic N) is 3. The molecule has 0 saturated heterocycles. The van der Waals surface area contributed by atoms with E-state index in [-0.39, 0.29) is 5.95 Å². The molecule has 1 aliphatic rings. The van der Waals surface area contributed by atoms with Crippen molar-refractivity contribution in [1.29, 1.82) is 0 Å². The molecule has 118 valence electrons. The van der Waals surface area contributed by atoms with E-state index in [1.807, 2.05) is 6.07 Å². The fourth-order valence-corrected chi connectivity index (χ4v) is 3.11. The maximum atomic E-state index is 5.86. The second-order valence-corrected chi connectivity index (χ2v) is 5.92. The van der Waals surface area contributed by atoms with Crippen molar-refractivity contribution in [3.05, 3.63) is 29.3 Å². The normalized spacial score (nSPS) is 18.0. The van der Waals surface area contributed by atoms with Crippen LogP contribution in [0.4, 0.5) is 11.9 Å². The minimum absolute atomic E-state index is 0.205. The number of benzene rings is 1. The van der Waals surface area contributed by atoms with Gasteiger partial charge in [0.25, 0.3) is 0 Å². The maximum Gasteiger partial charge on any atom is 0.241 e. The summed E-state index contributed by atoms with van der Waals surface area (Å²) >= 11 is 0. The van der Waals surface area contributed by atoms with Gasteiger partial charge in [-0.2, -0.15) is 9.67 Å². The van der Waals surface area contributed by atoms with Crippen LogP contribution in [0.15, 0.2) is 18.2 Å². The fourth-order valence-electron chi connectivity index (χ4n) is 3.11. The van der Waals surface area contributed by atoms with Crippen molar-refractivity contribution in [2.75, 3.05) is 18.0 Å². The number of aryl methyl sites for hydroxylation is 2. The molecule has 0 radical (unpaired) electrons. The van der Waals surface area contributed by atoms with Gasteiger partial charge in [-0.3, -0.25) is 0 Å². The summed E-state index contributed by atoms with van der Waals surface area (Å²) in [6.07, 6.45) is 5.75. The molecule has 1 atom stereocenters. The molecule has 5 N–H and O–H groups in total. The highest BCUT2D eigenvalue weighted by atomic mass is 15.4. The third kappa shape index (κ3) is 3.06. The number of nitrogens with one attached hydrogen (secondary N) is 1. The van der Waals surface area contributed by atoms with Gasteiger partial charge < -0.3 is 16.8 Å². The van der Waals surface area contributed by atoms with Gasteiger partial charge in [0.2, 0.25) is 11.9 Å². The second-order valence-electron chi connectivity index (χ2n) is 5.92. The fraction of sp³-hybridized carbons (Fsp3) is 0.500. The van der Waals surface area contributed by atoms with Crippen molar-refractivity contribution in [2.24, 2.45) is 0 Å². The Hall–Kier alpha value is -2.08. The molecule has 1 aromatic heterocycles. The Kier molecular flexibility index (Phi) is 4.29. The third-order valence-corrected chi connectivity index (χ3v) is 4.29. The van der Waals surface area contributed by atoms with Crippen molar-refractivity contribution < 1.29 is 0 Å². The summed E-state index contributed by atoms with van der Waals surface area (Å²) < 4.78 is 1.60. The van der Waals surface area contributed by atoms with Crippen LogP contribution in [0, 0.1) is 0 Å². The monoisotopic (exact) mass is 300 g/mol. The van der Waals surface area contributed by atoms with Gasteiger partial charge >= 0.3 is 0 Å². The van der Waals surface area contributed by atoms with E-state index in [4.69, 9.17) is 11.5 Å². The SMILES string of the molecule is CCCN[C@H]1CCc2ccc(-n3nc(N)nc3N)cc2CC1. The van der Waals surface area contributed by atoms with Gasteiger partial charge in [-0.1, -0.05) is 13.0 Å². The van der Waals surface area contributed by atoms with Crippen molar-refractivity contribution in [3.8, 4) is 5.69 Å². The first kappa shape index (κ1) is 14.8. The predicted molar refractivity (Wildman–Crippen MR) is 88.9 cm³/mol. The largest absolute Gasteiger partial charge is 0.368 e. The number of hydrogen-bond acceptors (Lipinski definition) is 5. The molecule has 3 rings (SSSR count). The van der Waals surface area contributed by atoms with E-state index in [2.05, 4.69) is 34.5 Å². The standard InChI is InChI=1S/C16H24N6/c1-2-9-19-13-6-3-11-5-8-14(10-12(11)4-7-13)22-16(18)20-15(17)21-22/h5,8,10,13,19H,2-4,6-7,9H2,1H3,(H4,17,18,20,21)/t13-/m0/s1. The highest BCUT2D eigenvalue weighted by Gasteiger charge is 2.17. The van der Waals surface area contributed by atoms with Crippen LogP contribution in [0.5, 0.6) is 0 Å². The highest BCUT2D eigenvalue weighted by molar-refractivity contribution is 5.45. The summed E-state index contributed by atoms with van der Waals surface area (Å²) in [5.74, 6) is 0.532. The number of fused-ring (bicyclic) bond motifs is 1. The Labute approximate surface area is 130 Å². The number of hydrogen-bond donors (Lipinski definition) is 3. The molecule has 0 unspecified atom stereocenters. The van der Waals surface area contributed by atoms with Gasteiger partial charge in [0.05, 0.1) is 5.69 Å². The molecule has 0 amide bonds. The molecule has 6 nitrogen and oxygen atoms in total. The molecular weight excluding hydrogens is 276 g/mol. The average Bonchev–Trinajstić information content (AvgIpc) is 2.73. The topological polar surface area (TPSA) is 94.8 Å². The summed E-state index contributed by atoms with van der Waals surface area (Å²) in [6.45, 7) is 3.31. The predicted octanol–water partition coefficient (Wildman–Crippen LogP) is 1.68. The molecular formula is C16H24N6. The van der Waals surface area contributed by atoms with Crippen LogP contribution in [0.2, 0.25) is 0 Å². The quantitative estimate of drug-likeness (QED) is 0.747. The summed E-state index contributed by atoms with van der Waals surface area (Å²) in [5, 5.41) is 7.80. The summed E-state index contributed by atoms with van der Waals surface area (Å²) in [7, 11) is 0. The number of rotatable bonds is 4. The molecule has 0 fully saturated rings. The first-order chi connectivity index (χ1) is 10.7. The van der Waals surface area contributed by atoms with Crippen molar-refractivity contribution in [2.45, 2.75) is 45.1 Å². The number of nitrogen functional groups attached to an aromatic ring is 2. The number of nitrogens with two attached hydrogens (primary N) is 2. The van der Waals surface area contributed by atoms with Crippen LogP contribution in [0.1, 0.15) is 37.3 Å². The van der Waals surface area contributed by atoms with E-state index in [1.165, 1.54) is 30.4 Å². The minimum Gasteiger partial charge on any atom is -0.368 e. The first-order valence-electron chi connectivity index (χ1n) is 8.01. The van der Waals surface area contributed by atoms with Gasteiger partial charge in [-0.15, -0.1) is 5.10 Å². The van der Waals surface area contributed by atoms with Crippen LogP contribution in [-0.4, -0.2) is 27.4 Å². The Bertz CT molecular complexity index is 648. The van der Waals surface area contributed by atoms with Gasteiger partial charge in [-0.25, -0.2) is 0 Å². The van der Waals surface area contributed by atoms with E-state index in [0.29, 0.717) is 12.0 Å². The van der Waals surface area contributed by atoms with Crippen LogP contribution in [0.25, 0.3) is 5.69 Å². The smallest absolute Gasteiger partial charge is 0.241 e. The Balaban J connectivity index is 1.81. The van der Waals surface area contributed by atoms with E-state index < -0.39 is 0 Å². The Morgan fingerprint density at radius 3 is 2.68 bits per heavy atom. The number of anilines is 2. The van der Waals surface area contributed by atoms with Crippen molar-refractivity contribution in [1.82, 2.24) is 20.1 Å². The van der Waals surface area contributed by atoms with Gasteiger partial charge in [0, 0.05) is 6.04 Å². The molecule has 0 spiro atoms. The first-order valence-corrected chi connectivity index (χ1v) is 8.01. The lowest BCUT2D eigenvalue weighted by Gasteiger charge is -2.15. The number of aromatic nitrogens is 3. The third-order valence-electron chi connectivity index (χ3n) is 4.29. The molecule has 2 aromatic rings. The lowest BCUT2D eigenvalue weighted by molar-refractivity contribution is 0.464. The zero-order valence-electron chi connectivity index (χ0n) is 13.0. The molecule has 0 bridgehead atoms. The average molecular weight is 300 g/mol. The van der Waals surface area contributed by atoms with Gasteiger partial charge in [0.15, 0.2) is 0 Å². The summed E-state index contributed by atoms with van der Waals surface area (Å²) in [4.78, 5) is 3.96. The zero-order chi connectivity index (χ0) is 15.5. The molecule has 0 aliphatic heterocycles. The van der Waals surface area contributed by atoms with Crippen molar-refractivity contribution >= 4 is 11.9 Å². The molecule has 22 heavy (non-hydrogen) atoms. The minimum atomic E-state index is 0.205.